The van der Waals surface area contributed by atoms with Crippen molar-refractivity contribution in [2.75, 3.05) is 5.32 Å². The number of alkyl halides is 3. The van der Waals surface area contributed by atoms with E-state index in [0.29, 0.717) is 22.3 Å². The third kappa shape index (κ3) is 4.35. The maximum Gasteiger partial charge on any atom is 0.417 e. The predicted octanol–water partition coefficient (Wildman–Crippen LogP) is 4.79. The van der Waals surface area contributed by atoms with E-state index in [-0.39, 0.29) is 30.0 Å². The van der Waals surface area contributed by atoms with Crippen LogP contribution in [-0.2, 0) is 17.5 Å². The van der Waals surface area contributed by atoms with E-state index in [1.807, 2.05) is 0 Å². The van der Waals surface area contributed by atoms with Gasteiger partial charge in [-0.3, -0.25) is 18.8 Å². The second kappa shape index (κ2) is 8.14. The Morgan fingerprint density at radius 3 is 2.63 bits per heavy atom. The first-order chi connectivity index (χ1) is 14.0. The highest BCUT2D eigenvalue weighted by atomic mass is 35.5. The molecule has 0 saturated heterocycles. The van der Waals surface area contributed by atoms with E-state index < -0.39 is 23.2 Å². The molecule has 3 aromatic rings. The van der Waals surface area contributed by atoms with Crippen molar-refractivity contribution in [1.29, 1.82) is 0 Å². The third-order valence-corrected chi connectivity index (χ3v) is 5.14. The van der Waals surface area contributed by atoms with Crippen LogP contribution in [0.25, 0.3) is 11.0 Å². The number of amides is 1. The molecule has 0 radical (unpaired) electrons. The fraction of sp³-hybridized carbons (Fsp3) is 0.350. The monoisotopic (exact) mass is 440 g/mol. The lowest BCUT2D eigenvalue weighted by atomic mass is 10.1. The smallest absolute Gasteiger partial charge is 0.326 e. The molecule has 0 fully saturated rings. The van der Waals surface area contributed by atoms with Crippen LogP contribution in [0.1, 0.15) is 37.4 Å². The molecular formula is C20H20ClF3N4O2. The summed E-state index contributed by atoms with van der Waals surface area (Å²) in [6, 6.07) is 5.42. The maximum atomic E-state index is 13.4. The molecule has 0 unspecified atom stereocenters. The van der Waals surface area contributed by atoms with E-state index in [1.165, 1.54) is 10.9 Å². The molecular weight excluding hydrogens is 421 g/mol. The van der Waals surface area contributed by atoms with Crippen LogP contribution in [0.4, 0.5) is 18.9 Å². The van der Waals surface area contributed by atoms with Crippen LogP contribution in [0, 0.1) is 6.92 Å². The molecule has 1 aromatic carbocycles. The lowest BCUT2D eigenvalue weighted by Crippen LogP contribution is -2.25. The van der Waals surface area contributed by atoms with Crippen molar-refractivity contribution in [2.24, 2.45) is 0 Å². The summed E-state index contributed by atoms with van der Waals surface area (Å²) in [6.45, 7) is 5.17. The van der Waals surface area contributed by atoms with Crippen molar-refractivity contribution in [1.82, 2.24) is 14.3 Å². The minimum absolute atomic E-state index is 0.102. The first-order valence-corrected chi connectivity index (χ1v) is 9.61. The van der Waals surface area contributed by atoms with E-state index in [9.17, 15) is 22.8 Å². The normalized spacial score (nSPS) is 12.0. The largest absolute Gasteiger partial charge is 0.417 e. The van der Waals surface area contributed by atoms with Gasteiger partial charge in [-0.15, -0.1) is 0 Å². The molecule has 0 aliphatic rings. The summed E-state index contributed by atoms with van der Waals surface area (Å²) in [5.74, 6) is -0.399. The molecule has 2 aromatic heterocycles. The highest BCUT2D eigenvalue weighted by molar-refractivity contribution is 6.31. The van der Waals surface area contributed by atoms with E-state index in [1.54, 1.807) is 39.0 Å². The number of aryl methyl sites for hydroxylation is 1. The molecule has 0 spiro atoms. The topological polar surface area (TPSA) is 68.9 Å². The molecule has 0 atom stereocenters. The number of nitrogens with one attached hydrogen (secondary N) is 1. The van der Waals surface area contributed by atoms with Crippen molar-refractivity contribution in [3.63, 3.8) is 0 Å². The molecule has 2 heterocycles. The second-order valence-electron chi connectivity index (χ2n) is 7.20. The highest BCUT2D eigenvalue weighted by Crippen LogP contribution is 2.34. The Morgan fingerprint density at radius 1 is 1.30 bits per heavy atom. The summed E-state index contributed by atoms with van der Waals surface area (Å²) in [5.41, 5.74) is -0.783. The predicted molar refractivity (Wildman–Crippen MR) is 109 cm³/mol. The minimum atomic E-state index is -4.69. The van der Waals surface area contributed by atoms with E-state index in [0.717, 1.165) is 4.57 Å². The number of anilines is 1. The zero-order valence-corrected chi connectivity index (χ0v) is 17.3. The molecule has 1 amide bonds. The minimum Gasteiger partial charge on any atom is -0.326 e. The number of nitrogens with zero attached hydrogens (tertiary/aromatic N) is 3. The standard InChI is InChI=1S/C20H20ClF3N4O2/c1-11(2)28-10-13-14(20(22,23)24)9-18(30)27(19(13)26-28)8-7-17(29)25-16-6-4-5-15(21)12(16)3/h4-6,9-11H,7-8H2,1-3H3,(H,25,29). The Balaban J connectivity index is 1.92. The quantitative estimate of drug-likeness (QED) is 0.620. The van der Waals surface area contributed by atoms with Crippen LogP contribution >= 0.6 is 11.6 Å². The van der Waals surface area contributed by atoms with Gasteiger partial charge in [-0.1, -0.05) is 17.7 Å². The van der Waals surface area contributed by atoms with Crippen LogP contribution in [0.2, 0.25) is 5.02 Å². The number of pyridine rings is 1. The Morgan fingerprint density at radius 2 is 2.00 bits per heavy atom. The number of aromatic nitrogens is 3. The fourth-order valence-electron chi connectivity index (χ4n) is 3.04. The van der Waals surface area contributed by atoms with Crippen molar-refractivity contribution in [2.45, 2.75) is 46.0 Å². The van der Waals surface area contributed by atoms with Gasteiger partial charge in [0.25, 0.3) is 5.56 Å². The lowest BCUT2D eigenvalue weighted by Gasteiger charge is -2.12. The van der Waals surface area contributed by atoms with Gasteiger partial charge in [0, 0.05) is 47.4 Å². The molecule has 0 saturated carbocycles. The van der Waals surface area contributed by atoms with Crippen LogP contribution in [0.5, 0.6) is 0 Å². The van der Waals surface area contributed by atoms with E-state index >= 15 is 0 Å². The molecule has 10 heteroatoms. The fourth-order valence-corrected chi connectivity index (χ4v) is 3.21. The number of carbonyl (C=O) groups is 1. The molecule has 3 rings (SSSR count). The highest BCUT2D eigenvalue weighted by Gasteiger charge is 2.35. The van der Waals surface area contributed by atoms with Crippen LogP contribution < -0.4 is 10.9 Å². The van der Waals surface area contributed by atoms with Crippen LogP contribution in [0.15, 0.2) is 35.3 Å². The first kappa shape index (κ1) is 21.9. The van der Waals surface area contributed by atoms with Gasteiger partial charge in [-0.05, 0) is 38.5 Å². The summed E-state index contributed by atoms with van der Waals surface area (Å²) in [6.07, 6.45) is -3.54. The van der Waals surface area contributed by atoms with Gasteiger partial charge < -0.3 is 5.32 Å². The Kier molecular flexibility index (Phi) is 5.94. The van der Waals surface area contributed by atoms with Crippen LogP contribution in [-0.4, -0.2) is 20.3 Å². The lowest BCUT2D eigenvalue weighted by molar-refractivity contribution is -0.136. The van der Waals surface area contributed by atoms with Gasteiger partial charge in [0.15, 0.2) is 5.65 Å². The summed E-state index contributed by atoms with van der Waals surface area (Å²) in [4.78, 5) is 24.8. The van der Waals surface area contributed by atoms with Crippen molar-refractivity contribution in [3.05, 3.63) is 57.0 Å². The molecule has 1 N–H and O–H groups in total. The van der Waals surface area contributed by atoms with Gasteiger partial charge in [-0.25, -0.2) is 0 Å². The summed E-state index contributed by atoms with van der Waals surface area (Å²) >= 11 is 6.04. The maximum absolute atomic E-state index is 13.4. The van der Waals surface area contributed by atoms with Gasteiger partial charge in [-0.2, -0.15) is 18.3 Å². The number of halogens is 4. The molecule has 0 bridgehead atoms. The van der Waals surface area contributed by atoms with Crippen molar-refractivity contribution < 1.29 is 18.0 Å². The molecule has 30 heavy (non-hydrogen) atoms. The van der Waals surface area contributed by atoms with E-state index in [2.05, 4.69) is 10.4 Å². The molecule has 0 aliphatic heterocycles. The van der Waals surface area contributed by atoms with Crippen molar-refractivity contribution in [3.8, 4) is 0 Å². The second-order valence-corrected chi connectivity index (χ2v) is 7.60. The number of hydrogen-bond acceptors (Lipinski definition) is 3. The number of carbonyl (C=O) groups excluding carboxylic acids is 1. The summed E-state index contributed by atoms with van der Waals surface area (Å²) in [7, 11) is 0. The molecule has 0 aliphatic carbocycles. The number of hydrogen-bond donors (Lipinski definition) is 1. The summed E-state index contributed by atoms with van der Waals surface area (Å²) in [5, 5.41) is 7.18. The Hall–Kier alpha value is -2.81. The Labute approximate surface area is 175 Å². The Bertz CT molecular complexity index is 1170. The third-order valence-electron chi connectivity index (χ3n) is 4.73. The van der Waals surface area contributed by atoms with E-state index in [4.69, 9.17) is 11.6 Å². The van der Waals surface area contributed by atoms with Gasteiger partial charge in [0.2, 0.25) is 5.91 Å². The van der Waals surface area contributed by atoms with Crippen LogP contribution in [0.3, 0.4) is 0 Å². The summed E-state index contributed by atoms with van der Waals surface area (Å²) < 4.78 is 42.7. The average Bonchev–Trinajstić information content (AvgIpc) is 3.08. The number of benzene rings is 1. The van der Waals surface area contributed by atoms with Gasteiger partial charge in [0.05, 0.1) is 5.56 Å². The zero-order chi connectivity index (χ0) is 22.2. The van der Waals surface area contributed by atoms with Gasteiger partial charge >= 0.3 is 6.18 Å². The average molecular weight is 441 g/mol. The van der Waals surface area contributed by atoms with Gasteiger partial charge in [0.1, 0.15) is 0 Å². The molecule has 6 nitrogen and oxygen atoms in total. The number of rotatable bonds is 5. The van der Waals surface area contributed by atoms with Crippen molar-refractivity contribution >= 4 is 34.2 Å². The SMILES string of the molecule is Cc1c(Cl)cccc1NC(=O)CCn1c(=O)cc(C(F)(F)F)c2cn(C(C)C)nc21. The zero-order valence-electron chi connectivity index (χ0n) is 16.5. The number of fused-ring (bicyclic) bond motifs is 1. The molecule has 160 valence electrons. The first-order valence-electron chi connectivity index (χ1n) is 9.24.